The third kappa shape index (κ3) is 3.18. The molecule has 1 aromatic carbocycles. The van der Waals surface area contributed by atoms with Gasteiger partial charge >= 0.3 is 15.6 Å². The number of nitriles is 1. The summed E-state index contributed by atoms with van der Waals surface area (Å²) in [6.45, 7) is 0. The van der Waals surface area contributed by atoms with Crippen molar-refractivity contribution in [2.75, 3.05) is 0 Å². The highest BCUT2D eigenvalue weighted by Gasteiger charge is 2.48. The quantitative estimate of drug-likeness (QED) is 0.620. The lowest BCUT2D eigenvalue weighted by Crippen LogP contribution is -2.26. The Morgan fingerprint density at radius 2 is 1.76 bits per heavy atom. The van der Waals surface area contributed by atoms with Gasteiger partial charge in [-0.25, -0.2) is 4.18 Å². The standard InChI is InChI=1S/C9H6F3NO3S/c10-9(11,12)17(14,15)16-8(6-13)7-4-2-1-3-5-7/h1-5,8H. The molecule has 0 aliphatic rings. The number of rotatable bonds is 3. The topological polar surface area (TPSA) is 67.2 Å². The number of benzene rings is 1. The summed E-state index contributed by atoms with van der Waals surface area (Å²) in [5, 5.41) is 8.60. The lowest BCUT2D eigenvalue weighted by molar-refractivity contribution is -0.0558. The van der Waals surface area contributed by atoms with Crippen LogP contribution in [0.2, 0.25) is 0 Å². The summed E-state index contributed by atoms with van der Waals surface area (Å²) in [5.74, 6) is 0. The van der Waals surface area contributed by atoms with Gasteiger partial charge in [-0.1, -0.05) is 30.3 Å². The molecule has 1 unspecified atom stereocenters. The molecule has 0 aliphatic carbocycles. The van der Waals surface area contributed by atoms with E-state index in [2.05, 4.69) is 4.18 Å². The predicted molar refractivity (Wildman–Crippen MR) is 50.9 cm³/mol. The normalized spacial score (nSPS) is 14.0. The minimum atomic E-state index is -5.78. The maximum atomic E-state index is 12.0. The number of nitrogens with zero attached hydrogens (tertiary/aromatic N) is 1. The van der Waals surface area contributed by atoms with Crippen molar-refractivity contribution in [3.8, 4) is 6.07 Å². The highest BCUT2D eigenvalue weighted by atomic mass is 32.2. The van der Waals surface area contributed by atoms with Crippen molar-refractivity contribution in [3.05, 3.63) is 35.9 Å². The summed E-state index contributed by atoms with van der Waals surface area (Å²) >= 11 is 0. The summed E-state index contributed by atoms with van der Waals surface area (Å²) in [7, 11) is -5.78. The Labute approximate surface area is 95.4 Å². The summed E-state index contributed by atoms with van der Waals surface area (Å²) in [5.41, 5.74) is -5.51. The van der Waals surface area contributed by atoms with Crippen LogP contribution in [-0.4, -0.2) is 13.9 Å². The SMILES string of the molecule is N#CC(OS(=O)(=O)C(F)(F)F)c1ccccc1. The van der Waals surface area contributed by atoms with E-state index >= 15 is 0 Å². The van der Waals surface area contributed by atoms with Crippen LogP contribution in [0, 0.1) is 11.3 Å². The molecule has 0 heterocycles. The van der Waals surface area contributed by atoms with Crippen molar-refractivity contribution in [3.63, 3.8) is 0 Å². The van der Waals surface area contributed by atoms with Crippen LogP contribution in [0.5, 0.6) is 0 Å². The van der Waals surface area contributed by atoms with Crippen molar-refractivity contribution in [1.29, 1.82) is 5.26 Å². The van der Waals surface area contributed by atoms with Gasteiger partial charge in [-0.2, -0.15) is 26.9 Å². The minimum Gasteiger partial charge on any atom is -0.239 e. The average molecular weight is 265 g/mol. The molecule has 0 aromatic heterocycles. The van der Waals surface area contributed by atoms with Gasteiger partial charge in [0.25, 0.3) is 0 Å². The summed E-state index contributed by atoms with van der Waals surface area (Å²) in [6, 6.07) is 8.39. The van der Waals surface area contributed by atoms with Gasteiger partial charge in [-0.05, 0) is 5.56 Å². The zero-order valence-electron chi connectivity index (χ0n) is 8.18. The van der Waals surface area contributed by atoms with E-state index in [1.165, 1.54) is 30.3 Å². The maximum Gasteiger partial charge on any atom is 0.523 e. The fourth-order valence-electron chi connectivity index (χ4n) is 0.961. The monoisotopic (exact) mass is 265 g/mol. The van der Waals surface area contributed by atoms with Gasteiger partial charge in [0, 0.05) is 0 Å². The molecule has 1 atom stereocenters. The fraction of sp³-hybridized carbons (Fsp3) is 0.222. The number of alkyl halides is 3. The van der Waals surface area contributed by atoms with Crippen LogP contribution in [0.15, 0.2) is 30.3 Å². The number of halogens is 3. The lowest BCUT2D eigenvalue weighted by atomic mass is 10.1. The van der Waals surface area contributed by atoms with Crippen molar-refractivity contribution < 1.29 is 25.8 Å². The Hall–Kier alpha value is -1.59. The molecule has 17 heavy (non-hydrogen) atoms. The second-order valence-electron chi connectivity index (χ2n) is 2.92. The Kier molecular flexibility index (Phi) is 3.75. The summed E-state index contributed by atoms with van der Waals surface area (Å²) in [6.07, 6.45) is -1.82. The third-order valence-electron chi connectivity index (χ3n) is 1.73. The Bertz CT molecular complexity index is 519. The molecule has 0 N–H and O–H groups in total. The van der Waals surface area contributed by atoms with Gasteiger partial charge in [0.05, 0.1) is 0 Å². The van der Waals surface area contributed by atoms with E-state index < -0.39 is 21.7 Å². The van der Waals surface area contributed by atoms with E-state index in [1.807, 2.05) is 0 Å². The third-order valence-corrected chi connectivity index (χ3v) is 2.74. The number of hydrogen-bond acceptors (Lipinski definition) is 4. The molecule has 0 bridgehead atoms. The zero-order chi connectivity index (χ0) is 13.1. The summed E-state index contributed by atoms with van der Waals surface area (Å²) < 4.78 is 61.3. The van der Waals surface area contributed by atoms with E-state index in [-0.39, 0.29) is 5.56 Å². The molecular formula is C9H6F3NO3S. The molecule has 0 aliphatic heterocycles. The lowest BCUT2D eigenvalue weighted by Gasteiger charge is -2.12. The second kappa shape index (κ2) is 4.73. The number of hydrogen-bond donors (Lipinski definition) is 0. The minimum absolute atomic E-state index is 0.0304. The summed E-state index contributed by atoms with van der Waals surface area (Å²) in [4.78, 5) is 0. The molecule has 1 rings (SSSR count). The highest BCUT2D eigenvalue weighted by molar-refractivity contribution is 7.87. The first-order chi connectivity index (χ1) is 7.78. The first-order valence-corrected chi connectivity index (χ1v) is 5.63. The largest absolute Gasteiger partial charge is 0.523 e. The van der Waals surface area contributed by atoms with E-state index in [1.54, 1.807) is 6.07 Å². The first-order valence-electron chi connectivity index (χ1n) is 4.22. The van der Waals surface area contributed by atoms with Gasteiger partial charge in [0.15, 0.2) is 6.10 Å². The van der Waals surface area contributed by atoms with E-state index in [9.17, 15) is 21.6 Å². The van der Waals surface area contributed by atoms with Crippen LogP contribution >= 0.6 is 0 Å². The van der Waals surface area contributed by atoms with E-state index in [0.717, 1.165) is 0 Å². The van der Waals surface area contributed by atoms with Crippen LogP contribution in [0.3, 0.4) is 0 Å². The second-order valence-corrected chi connectivity index (χ2v) is 4.48. The molecule has 0 saturated heterocycles. The van der Waals surface area contributed by atoms with Gasteiger partial charge in [-0.15, -0.1) is 0 Å². The Morgan fingerprint density at radius 3 is 2.18 bits per heavy atom. The van der Waals surface area contributed by atoms with Crippen LogP contribution in [0.1, 0.15) is 11.7 Å². The van der Waals surface area contributed by atoms with Crippen LogP contribution < -0.4 is 0 Å². The van der Waals surface area contributed by atoms with Crippen molar-refractivity contribution in [2.45, 2.75) is 11.6 Å². The highest BCUT2D eigenvalue weighted by Crippen LogP contribution is 2.29. The zero-order valence-corrected chi connectivity index (χ0v) is 8.99. The van der Waals surface area contributed by atoms with Gasteiger partial charge in [0.2, 0.25) is 0 Å². The van der Waals surface area contributed by atoms with E-state index in [0.29, 0.717) is 0 Å². The van der Waals surface area contributed by atoms with Crippen LogP contribution in [0.25, 0.3) is 0 Å². The molecule has 0 saturated carbocycles. The molecule has 0 amide bonds. The van der Waals surface area contributed by atoms with Crippen molar-refractivity contribution in [2.24, 2.45) is 0 Å². The van der Waals surface area contributed by atoms with Crippen LogP contribution in [-0.2, 0) is 14.3 Å². The Morgan fingerprint density at radius 1 is 1.24 bits per heavy atom. The molecule has 0 spiro atoms. The molecule has 0 fully saturated rings. The molecule has 92 valence electrons. The maximum absolute atomic E-state index is 12.0. The molecular weight excluding hydrogens is 259 g/mol. The Balaban J connectivity index is 2.99. The average Bonchev–Trinajstić information content (AvgIpc) is 2.25. The van der Waals surface area contributed by atoms with E-state index in [4.69, 9.17) is 5.26 Å². The predicted octanol–water partition coefficient (Wildman–Crippen LogP) is 2.12. The van der Waals surface area contributed by atoms with Crippen molar-refractivity contribution >= 4 is 10.1 Å². The molecule has 0 radical (unpaired) electrons. The van der Waals surface area contributed by atoms with Crippen LogP contribution in [0.4, 0.5) is 13.2 Å². The smallest absolute Gasteiger partial charge is 0.239 e. The molecule has 1 aromatic rings. The van der Waals surface area contributed by atoms with Crippen molar-refractivity contribution in [1.82, 2.24) is 0 Å². The van der Waals surface area contributed by atoms with Gasteiger partial charge < -0.3 is 0 Å². The fourth-order valence-corrected chi connectivity index (χ4v) is 1.48. The van der Waals surface area contributed by atoms with Gasteiger partial charge in [0.1, 0.15) is 6.07 Å². The first kappa shape index (κ1) is 13.5. The van der Waals surface area contributed by atoms with Gasteiger partial charge in [-0.3, -0.25) is 0 Å². The molecule has 4 nitrogen and oxygen atoms in total. The molecule has 8 heteroatoms.